The lowest BCUT2D eigenvalue weighted by molar-refractivity contribution is 0.219. The lowest BCUT2D eigenvalue weighted by Gasteiger charge is -2.17. The molecule has 0 aliphatic rings. The molecule has 4 aromatic carbocycles. The first-order valence-electron chi connectivity index (χ1n) is 9.80. The van der Waals surface area contributed by atoms with Crippen molar-refractivity contribution in [2.75, 3.05) is 0 Å². The van der Waals surface area contributed by atoms with Crippen molar-refractivity contribution < 1.29 is 10.2 Å². The zero-order valence-corrected chi connectivity index (χ0v) is 16.4. The normalized spacial score (nSPS) is 13.1. The van der Waals surface area contributed by atoms with Crippen LogP contribution in [0.3, 0.4) is 0 Å². The number of aliphatic hydroxyl groups excluding tert-OH is 2. The summed E-state index contributed by atoms with van der Waals surface area (Å²) in [7, 11) is 0. The minimum atomic E-state index is -0.672. The molecule has 2 nitrogen and oxygen atoms in total. The van der Waals surface area contributed by atoms with Crippen LogP contribution in [0.2, 0.25) is 0 Å². The highest BCUT2D eigenvalue weighted by Gasteiger charge is 2.15. The molecule has 0 radical (unpaired) electrons. The molecule has 4 aromatic rings. The van der Waals surface area contributed by atoms with E-state index in [1.54, 1.807) is 0 Å². The number of benzene rings is 4. The van der Waals surface area contributed by atoms with E-state index in [4.69, 9.17) is 0 Å². The van der Waals surface area contributed by atoms with Crippen molar-refractivity contribution in [1.29, 1.82) is 0 Å². The summed E-state index contributed by atoms with van der Waals surface area (Å²) in [5, 5.41) is 21.7. The number of hydrogen-bond acceptors (Lipinski definition) is 2. The van der Waals surface area contributed by atoms with Crippen molar-refractivity contribution >= 4 is 0 Å². The van der Waals surface area contributed by atoms with Gasteiger partial charge in [-0.3, -0.25) is 0 Å². The van der Waals surface area contributed by atoms with E-state index < -0.39 is 12.2 Å². The quantitative estimate of drug-likeness (QED) is 0.458. The van der Waals surface area contributed by atoms with E-state index in [-0.39, 0.29) is 0 Å². The molecule has 2 heteroatoms. The second kappa shape index (κ2) is 8.44. The molecular weight excluding hydrogens is 356 g/mol. The summed E-state index contributed by atoms with van der Waals surface area (Å²) in [5.74, 6) is 0. The highest BCUT2D eigenvalue weighted by molar-refractivity contribution is 5.66. The van der Waals surface area contributed by atoms with E-state index in [1.165, 1.54) is 0 Å². The van der Waals surface area contributed by atoms with Gasteiger partial charge in [0.2, 0.25) is 0 Å². The third-order valence-electron chi connectivity index (χ3n) is 5.34. The molecule has 0 aliphatic carbocycles. The predicted molar refractivity (Wildman–Crippen MR) is 118 cm³/mol. The summed E-state index contributed by atoms with van der Waals surface area (Å²) in [5.41, 5.74) is 6.56. The van der Waals surface area contributed by atoms with Gasteiger partial charge in [-0.15, -0.1) is 0 Å². The largest absolute Gasteiger partial charge is 0.384 e. The van der Waals surface area contributed by atoms with Gasteiger partial charge in [-0.1, -0.05) is 91.0 Å². The van der Waals surface area contributed by atoms with Crippen LogP contribution >= 0.6 is 0 Å². The van der Waals surface area contributed by atoms with Crippen molar-refractivity contribution in [2.45, 2.75) is 19.1 Å². The van der Waals surface area contributed by atoms with Crippen molar-refractivity contribution in [2.24, 2.45) is 0 Å². The average Bonchev–Trinajstić information content (AvgIpc) is 2.79. The maximum Gasteiger partial charge on any atom is 0.104 e. The molecule has 0 heterocycles. The van der Waals surface area contributed by atoms with Gasteiger partial charge in [-0.05, 0) is 58.0 Å². The van der Waals surface area contributed by atoms with E-state index >= 15 is 0 Å². The Hall–Kier alpha value is -3.20. The van der Waals surface area contributed by atoms with Gasteiger partial charge >= 0.3 is 0 Å². The van der Waals surface area contributed by atoms with Gasteiger partial charge in [0.25, 0.3) is 0 Å². The van der Waals surface area contributed by atoms with Crippen LogP contribution in [0.5, 0.6) is 0 Å². The Morgan fingerprint density at radius 1 is 0.517 bits per heavy atom. The van der Waals surface area contributed by atoms with Crippen LogP contribution in [0, 0.1) is 6.92 Å². The Labute approximate surface area is 171 Å². The zero-order chi connectivity index (χ0) is 20.2. The van der Waals surface area contributed by atoms with E-state index in [2.05, 4.69) is 6.07 Å². The monoisotopic (exact) mass is 380 g/mol. The van der Waals surface area contributed by atoms with Crippen LogP contribution < -0.4 is 0 Å². The van der Waals surface area contributed by atoms with Gasteiger partial charge in [-0.2, -0.15) is 0 Å². The molecule has 0 saturated carbocycles. The molecular formula is C27H24O2. The van der Waals surface area contributed by atoms with Gasteiger partial charge in [-0.25, -0.2) is 0 Å². The number of rotatable bonds is 5. The zero-order valence-electron chi connectivity index (χ0n) is 16.4. The molecule has 0 saturated heterocycles. The van der Waals surface area contributed by atoms with Crippen LogP contribution in [0.1, 0.15) is 40.0 Å². The summed E-state index contributed by atoms with van der Waals surface area (Å²) >= 11 is 0. The third-order valence-corrected chi connectivity index (χ3v) is 5.34. The van der Waals surface area contributed by atoms with Crippen LogP contribution in [0.25, 0.3) is 11.1 Å². The second-order valence-electron chi connectivity index (χ2n) is 7.32. The Kier molecular flexibility index (Phi) is 5.57. The van der Waals surface area contributed by atoms with Crippen molar-refractivity contribution in [3.63, 3.8) is 0 Å². The summed E-state index contributed by atoms with van der Waals surface area (Å²) in [6.07, 6.45) is -1.34. The molecule has 2 atom stereocenters. The van der Waals surface area contributed by atoms with E-state index in [0.29, 0.717) is 0 Å². The fourth-order valence-electron chi connectivity index (χ4n) is 3.65. The first-order valence-corrected chi connectivity index (χ1v) is 9.80. The molecule has 144 valence electrons. The number of hydrogen-bond donors (Lipinski definition) is 2. The minimum Gasteiger partial charge on any atom is -0.384 e. The van der Waals surface area contributed by atoms with Gasteiger partial charge in [0, 0.05) is 0 Å². The highest BCUT2D eigenvalue weighted by atomic mass is 16.3. The fraction of sp³-hybridized carbons (Fsp3) is 0.111. The SMILES string of the molecule is Cc1ccc(-c2cccc(C(O)c3ccccc3)c2)cc1C(O)c1ccccc1. The Bertz CT molecular complexity index is 1090. The molecule has 0 aromatic heterocycles. The van der Waals surface area contributed by atoms with Crippen LogP contribution in [0.4, 0.5) is 0 Å². The molecule has 0 amide bonds. The molecule has 2 unspecified atom stereocenters. The lowest BCUT2D eigenvalue weighted by Crippen LogP contribution is -2.02. The molecule has 2 N–H and O–H groups in total. The van der Waals surface area contributed by atoms with Crippen LogP contribution in [0.15, 0.2) is 103 Å². The van der Waals surface area contributed by atoms with E-state index in [9.17, 15) is 10.2 Å². The summed E-state index contributed by atoms with van der Waals surface area (Å²) in [6.45, 7) is 2.01. The summed E-state index contributed by atoms with van der Waals surface area (Å²) < 4.78 is 0. The van der Waals surface area contributed by atoms with Gasteiger partial charge < -0.3 is 10.2 Å². The van der Waals surface area contributed by atoms with Crippen molar-refractivity contribution in [3.8, 4) is 11.1 Å². The van der Waals surface area contributed by atoms with Crippen LogP contribution in [-0.2, 0) is 0 Å². The molecule has 0 fully saturated rings. The van der Waals surface area contributed by atoms with Gasteiger partial charge in [0.1, 0.15) is 12.2 Å². The van der Waals surface area contributed by atoms with Crippen LogP contribution in [-0.4, -0.2) is 10.2 Å². The predicted octanol–water partition coefficient (Wildman–Crippen LogP) is 5.83. The standard InChI is InChI=1S/C27H24O2/c1-19-15-16-23(18-25(19)27(29)21-11-6-3-7-12-21)22-13-8-14-24(17-22)26(28)20-9-4-2-5-10-20/h2-18,26-29H,1H3. The average molecular weight is 380 g/mol. The number of aliphatic hydroxyl groups is 2. The maximum absolute atomic E-state index is 10.9. The Balaban J connectivity index is 1.69. The van der Waals surface area contributed by atoms with Gasteiger partial charge in [0.05, 0.1) is 0 Å². The lowest BCUT2D eigenvalue weighted by atomic mass is 9.92. The Morgan fingerprint density at radius 2 is 1.07 bits per heavy atom. The Morgan fingerprint density at radius 3 is 1.72 bits per heavy atom. The smallest absolute Gasteiger partial charge is 0.104 e. The molecule has 0 aliphatic heterocycles. The van der Waals surface area contributed by atoms with Crippen molar-refractivity contribution in [1.82, 2.24) is 0 Å². The number of aryl methyl sites for hydroxylation is 1. The molecule has 29 heavy (non-hydrogen) atoms. The van der Waals surface area contributed by atoms with Gasteiger partial charge in [0.15, 0.2) is 0 Å². The second-order valence-corrected chi connectivity index (χ2v) is 7.32. The van der Waals surface area contributed by atoms with Crippen molar-refractivity contribution in [3.05, 3.63) is 131 Å². The topological polar surface area (TPSA) is 40.5 Å². The summed E-state index contributed by atoms with van der Waals surface area (Å²) in [4.78, 5) is 0. The third kappa shape index (κ3) is 4.14. The summed E-state index contributed by atoms with van der Waals surface area (Å²) in [6, 6.07) is 33.4. The highest BCUT2D eigenvalue weighted by Crippen LogP contribution is 2.31. The first-order chi connectivity index (χ1) is 14.1. The fourth-order valence-corrected chi connectivity index (χ4v) is 3.65. The van der Waals surface area contributed by atoms with E-state index in [1.807, 2.05) is 104 Å². The minimum absolute atomic E-state index is 0.670. The molecule has 0 bridgehead atoms. The molecule has 4 rings (SSSR count). The molecule has 0 spiro atoms. The maximum atomic E-state index is 10.9. The first kappa shape index (κ1) is 19.1. The van der Waals surface area contributed by atoms with E-state index in [0.717, 1.165) is 38.9 Å².